The Morgan fingerprint density at radius 3 is 2.75 bits per heavy atom. The van der Waals surface area contributed by atoms with Gasteiger partial charge in [0, 0.05) is 22.3 Å². The van der Waals surface area contributed by atoms with Gasteiger partial charge in [-0.1, -0.05) is 15.9 Å². The summed E-state index contributed by atoms with van der Waals surface area (Å²) in [4.78, 5) is 0. The van der Waals surface area contributed by atoms with Gasteiger partial charge in [-0.25, -0.2) is 4.39 Å². The highest BCUT2D eigenvalue weighted by atomic mass is 79.9. The van der Waals surface area contributed by atoms with Crippen molar-refractivity contribution in [1.82, 2.24) is 5.32 Å². The van der Waals surface area contributed by atoms with Crippen LogP contribution in [0.25, 0.3) is 0 Å². The molecule has 0 aliphatic rings. The van der Waals surface area contributed by atoms with E-state index in [0.29, 0.717) is 6.54 Å². The number of halogens is 2. The zero-order valence-electron chi connectivity index (χ0n) is 9.81. The number of hydrogen-bond acceptors (Lipinski definition) is 2. The van der Waals surface area contributed by atoms with E-state index in [1.54, 1.807) is 12.1 Å². The quantitative estimate of drug-likeness (QED) is 0.887. The summed E-state index contributed by atoms with van der Waals surface area (Å²) < 4.78 is 14.2. The van der Waals surface area contributed by atoms with Crippen molar-refractivity contribution in [2.75, 3.05) is 12.8 Å². The molecule has 1 nitrogen and oxygen atoms in total. The van der Waals surface area contributed by atoms with Crippen LogP contribution in [0.15, 0.2) is 22.7 Å². The van der Waals surface area contributed by atoms with Gasteiger partial charge < -0.3 is 5.32 Å². The summed E-state index contributed by atoms with van der Waals surface area (Å²) >= 11 is 5.24. The largest absolute Gasteiger partial charge is 0.311 e. The maximum Gasteiger partial charge on any atom is 0.123 e. The number of hydrogen-bond donors (Lipinski definition) is 1. The van der Waals surface area contributed by atoms with Crippen LogP contribution < -0.4 is 5.32 Å². The second-order valence-corrected chi connectivity index (χ2v) is 6.67. The van der Waals surface area contributed by atoms with Crippen molar-refractivity contribution in [3.05, 3.63) is 34.1 Å². The van der Waals surface area contributed by atoms with E-state index in [4.69, 9.17) is 0 Å². The number of rotatable bonds is 5. The van der Waals surface area contributed by atoms with Crippen molar-refractivity contribution < 1.29 is 4.39 Å². The van der Waals surface area contributed by atoms with Gasteiger partial charge in [0.25, 0.3) is 0 Å². The molecule has 0 amide bonds. The molecule has 4 heteroatoms. The summed E-state index contributed by atoms with van der Waals surface area (Å²) in [5.41, 5.74) is 0.955. The third-order valence-corrected chi connectivity index (χ3v) is 4.45. The molecule has 0 saturated heterocycles. The minimum atomic E-state index is -0.191. The molecule has 0 saturated carbocycles. The molecule has 0 aliphatic carbocycles. The fraction of sp³-hybridized carbons (Fsp3) is 0.500. The summed E-state index contributed by atoms with van der Waals surface area (Å²) in [6, 6.07) is 4.76. The van der Waals surface area contributed by atoms with Gasteiger partial charge in [0.1, 0.15) is 5.82 Å². The van der Waals surface area contributed by atoms with Gasteiger partial charge in [0.15, 0.2) is 0 Å². The van der Waals surface area contributed by atoms with Gasteiger partial charge >= 0.3 is 0 Å². The van der Waals surface area contributed by atoms with E-state index >= 15 is 0 Å². The Balaban J connectivity index is 2.52. The number of benzene rings is 1. The van der Waals surface area contributed by atoms with Crippen LogP contribution in [0, 0.1) is 5.82 Å². The maximum atomic E-state index is 13.0. The molecule has 0 fully saturated rings. The van der Waals surface area contributed by atoms with Crippen LogP contribution in [0.4, 0.5) is 4.39 Å². The molecule has 0 bridgehead atoms. The molecule has 0 aliphatic heterocycles. The molecule has 0 spiro atoms. The molecule has 90 valence electrons. The predicted molar refractivity (Wildman–Crippen MR) is 73.4 cm³/mol. The molecule has 1 aromatic carbocycles. The predicted octanol–water partition coefficient (Wildman–Crippen LogP) is 3.82. The normalized spacial score (nSPS) is 11.8. The summed E-state index contributed by atoms with van der Waals surface area (Å²) in [5, 5.41) is 3.34. The van der Waals surface area contributed by atoms with Gasteiger partial charge in [0.05, 0.1) is 0 Å². The van der Waals surface area contributed by atoms with Crippen LogP contribution in [-0.2, 0) is 6.54 Å². The van der Waals surface area contributed by atoms with E-state index in [1.807, 2.05) is 11.8 Å². The first-order valence-electron chi connectivity index (χ1n) is 5.14. The van der Waals surface area contributed by atoms with Crippen LogP contribution in [0.2, 0.25) is 0 Å². The van der Waals surface area contributed by atoms with Crippen LogP contribution >= 0.6 is 27.7 Å². The molecule has 1 aromatic rings. The molecule has 0 radical (unpaired) electrons. The van der Waals surface area contributed by atoms with E-state index in [2.05, 4.69) is 41.3 Å². The van der Waals surface area contributed by atoms with Crippen molar-refractivity contribution in [3.63, 3.8) is 0 Å². The van der Waals surface area contributed by atoms with Crippen LogP contribution in [0.3, 0.4) is 0 Å². The van der Waals surface area contributed by atoms with E-state index < -0.39 is 0 Å². The third-order valence-electron chi connectivity index (χ3n) is 2.43. The van der Waals surface area contributed by atoms with Crippen LogP contribution in [0.5, 0.6) is 0 Å². The highest BCUT2D eigenvalue weighted by Gasteiger charge is 2.15. The van der Waals surface area contributed by atoms with E-state index in [9.17, 15) is 4.39 Å². The molecule has 0 unspecified atom stereocenters. The van der Waals surface area contributed by atoms with E-state index in [1.165, 1.54) is 6.07 Å². The van der Waals surface area contributed by atoms with E-state index in [-0.39, 0.29) is 10.6 Å². The van der Waals surface area contributed by atoms with E-state index in [0.717, 1.165) is 16.6 Å². The van der Waals surface area contributed by atoms with Crippen molar-refractivity contribution >= 4 is 27.7 Å². The summed E-state index contributed by atoms with van der Waals surface area (Å²) in [6.45, 7) is 5.95. The van der Waals surface area contributed by atoms with Crippen LogP contribution in [0.1, 0.15) is 19.4 Å². The molecule has 0 aromatic heterocycles. The molecule has 1 rings (SSSR count). The first-order valence-corrected chi connectivity index (χ1v) is 7.16. The summed E-state index contributed by atoms with van der Waals surface area (Å²) in [7, 11) is 0. The highest BCUT2D eigenvalue weighted by Crippen LogP contribution is 2.21. The third kappa shape index (κ3) is 4.44. The SMILES string of the molecule is CSC(C)(C)CNCc1cc(F)ccc1Br. The van der Waals surface area contributed by atoms with Crippen molar-refractivity contribution in [3.8, 4) is 0 Å². The van der Waals surface area contributed by atoms with Gasteiger partial charge in [-0.2, -0.15) is 11.8 Å². The molecule has 0 heterocycles. The average molecular weight is 306 g/mol. The van der Waals surface area contributed by atoms with Crippen molar-refractivity contribution in [1.29, 1.82) is 0 Å². The zero-order chi connectivity index (χ0) is 12.2. The molecular weight excluding hydrogens is 289 g/mol. The van der Waals surface area contributed by atoms with Gasteiger partial charge in [-0.3, -0.25) is 0 Å². The molecule has 16 heavy (non-hydrogen) atoms. The van der Waals surface area contributed by atoms with Gasteiger partial charge in [-0.05, 0) is 43.9 Å². The number of thioether (sulfide) groups is 1. The fourth-order valence-electron chi connectivity index (χ4n) is 1.25. The topological polar surface area (TPSA) is 12.0 Å². The lowest BCUT2D eigenvalue weighted by Gasteiger charge is -2.22. The van der Waals surface area contributed by atoms with Gasteiger partial charge in [-0.15, -0.1) is 0 Å². The Labute approximate surface area is 109 Å². The smallest absolute Gasteiger partial charge is 0.123 e. The summed E-state index contributed by atoms with van der Waals surface area (Å²) in [6.07, 6.45) is 2.10. The first kappa shape index (κ1) is 14.0. The zero-order valence-corrected chi connectivity index (χ0v) is 12.2. The van der Waals surface area contributed by atoms with Gasteiger partial charge in [0.2, 0.25) is 0 Å². The lowest BCUT2D eigenvalue weighted by Crippen LogP contribution is -2.31. The fourth-order valence-corrected chi connectivity index (χ4v) is 1.88. The summed E-state index contributed by atoms with van der Waals surface area (Å²) in [5.74, 6) is -0.191. The molecule has 1 N–H and O–H groups in total. The maximum absolute atomic E-state index is 13.0. The molecule has 0 atom stereocenters. The van der Waals surface area contributed by atoms with Crippen molar-refractivity contribution in [2.24, 2.45) is 0 Å². The van der Waals surface area contributed by atoms with Crippen LogP contribution in [-0.4, -0.2) is 17.5 Å². The minimum absolute atomic E-state index is 0.191. The Hall–Kier alpha value is -0.0600. The lowest BCUT2D eigenvalue weighted by atomic mass is 10.2. The molecular formula is C12H17BrFNS. The first-order chi connectivity index (χ1) is 7.44. The Kier molecular flexibility index (Phi) is 5.28. The Bertz CT molecular complexity index is 355. The average Bonchev–Trinajstić information content (AvgIpc) is 2.23. The second kappa shape index (κ2) is 6.03. The number of nitrogens with one attached hydrogen (secondary N) is 1. The van der Waals surface area contributed by atoms with Crippen molar-refractivity contribution in [2.45, 2.75) is 25.1 Å². The Morgan fingerprint density at radius 1 is 1.44 bits per heavy atom. The minimum Gasteiger partial charge on any atom is -0.311 e. The standard InChI is InChI=1S/C12H17BrFNS/c1-12(2,16-3)8-15-7-9-6-10(14)4-5-11(9)13/h4-6,15H,7-8H2,1-3H3. The monoisotopic (exact) mass is 305 g/mol. The Morgan fingerprint density at radius 2 is 2.12 bits per heavy atom. The lowest BCUT2D eigenvalue weighted by molar-refractivity contribution is 0.584. The second-order valence-electron chi connectivity index (χ2n) is 4.30. The highest BCUT2D eigenvalue weighted by molar-refractivity contribution is 9.10.